The maximum atomic E-state index is 9.77. The number of aliphatic hydroxyl groups excluding tert-OH is 1. The van der Waals surface area contributed by atoms with Crippen LogP contribution in [-0.2, 0) is 14.2 Å². The van der Waals surface area contributed by atoms with E-state index in [1.54, 1.807) is 0 Å². The highest BCUT2D eigenvalue weighted by molar-refractivity contribution is 4.66. The van der Waals surface area contributed by atoms with Crippen molar-refractivity contribution in [2.45, 2.75) is 95.5 Å². The maximum Gasteiger partial charge on any atom is 0.156 e. The van der Waals surface area contributed by atoms with Gasteiger partial charge in [0.1, 0.15) is 0 Å². The third kappa shape index (κ3) is 7.91. The Hall–Kier alpha value is -0.160. The maximum absolute atomic E-state index is 9.77. The van der Waals surface area contributed by atoms with Crippen LogP contribution in [0, 0.1) is 0 Å². The summed E-state index contributed by atoms with van der Waals surface area (Å²) in [4.78, 5) is 0. The lowest BCUT2D eigenvalue weighted by Gasteiger charge is -2.22. The predicted octanol–water partition coefficient (Wildman–Crippen LogP) is 3.80. The van der Waals surface area contributed by atoms with Gasteiger partial charge in [-0.3, -0.25) is 0 Å². The van der Waals surface area contributed by atoms with Gasteiger partial charge in [-0.25, -0.2) is 0 Å². The summed E-state index contributed by atoms with van der Waals surface area (Å²) in [5, 5.41) is 9.77. The van der Waals surface area contributed by atoms with Crippen molar-refractivity contribution in [3.63, 3.8) is 0 Å². The smallest absolute Gasteiger partial charge is 0.156 e. The quantitative estimate of drug-likeness (QED) is 0.465. The van der Waals surface area contributed by atoms with Gasteiger partial charge in [0.15, 0.2) is 6.29 Å². The third-order valence-electron chi connectivity index (χ3n) is 4.78. The van der Waals surface area contributed by atoms with Crippen LogP contribution in [0.25, 0.3) is 0 Å². The minimum absolute atomic E-state index is 0.411. The highest BCUT2D eigenvalue weighted by atomic mass is 16.6. The Bertz CT molecular complexity index is 260. The first-order chi connectivity index (χ1) is 10.8. The summed E-state index contributed by atoms with van der Waals surface area (Å²) in [6.07, 6.45) is 14.2. The summed E-state index contributed by atoms with van der Waals surface area (Å²) in [7, 11) is 0. The van der Waals surface area contributed by atoms with Crippen molar-refractivity contribution in [1.29, 1.82) is 0 Å². The monoisotopic (exact) mass is 314 g/mol. The Morgan fingerprint density at radius 2 is 1.27 bits per heavy atom. The zero-order valence-corrected chi connectivity index (χ0v) is 14.0. The molecule has 0 aromatic rings. The Balaban J connectivity index is 1.35. The molecule has 22 heavy (non-hydrogen) atoms. The summed E-state index contributed by atoms with van der Waals surface area (Å²) in [5.41, 5.74) is 0. The van der Waals surface area contributed by atoms with Crippen LogP contribution >= 0.6 is 0 Å². The van der Waals surface area contributed by atoms with Crippen LogP contribution < -0.4 is 0 Å². The van der Waals surface area contributed by atoms with E-state index < -0.39 is 6.29 Å². The number of ether oxygens (including phenoxy) is 3. The molecule has 0 radical (unpaired) electrons. The van der Waals surface area contributed by atoms with Crippen LogP contribution in [-0.4, -0.2) is 43.4 Å². The van der Waals surface area contributed by atoms with E-state index in [4.69, 9.17) is 14.2 Å². The third-order valence-corrected chi connectivity index (χ3v) is 4.78. The molecule has 130 valence electrons. The Morgan fingerprint density at radius 1 is 0.727 bits per heavy atom. The average Bonchev–Trinajstić information content (AvgIpc) is 3.05. The summed E-state index contributed by atoms with van der Waals surface area (Å²) in [5.74, 6) is 0. The molecular formula is C18H34O4. The molecule has 2 fully saturated rings. The number of aliphatic hydroxyl groups is 1. The van der Waals surface area contributed by atoms with Crippen molar-refractivity contribution in [2.75, 3.05) is 19.8 Å². The summed E-state index contributed by atoms with van der Waals surface area (Å²) in [6.45, 7) is 2.05. The molecule has 0 aromatic carbocycles. The predicted molar refractivity (Wildman–Crippen MR) is 86.8 cm³/mol. The normalized spacial score (nSPS) is 22.2. The van der Waals surface area contributed by atoms with E-state index in [2.05, 4.69) is 0 Å². The average molecular weight is 314 g/mol. The van der Waals surface area contributed by atoms with Gasteiger partial charge in [0.05, 0.1) is 18.8 Å². The van der Waals surface area contributed by atoms with Gasteiger partial charge in [-0.2, -0.15) is 0 Å². The van der Waals surface area contributed by atoms with Crippen molar-refractivity contribution in [3.05, 3.63) is 0 Å². The second-order valence-electron chi connectivity index (χ2n) is 6.73. The van der Waals surface area contributed by atoms with E-state index in [0.717, 1.165) is 19.4 Å². The van der Waals surface area contributed by atoms with E-state index in [-0.39, 0.29) is 0 Å². The van der Waals surface area contributed by atoms with Crippen LogP contribution in [0.5, 0.6) is 0 Å². The molecule has 0 spiro atoms. The summed E-state index contributed by atoms with van der Waals surface area (Å²) >= 11 is 0. The minimum atomic E-state index is -0.681. The molecule has 4 nitrogen and oxygen atoms in total. The van der Waals surface area contributed by atoms with Crippen LogP contribution in [0.2, 0.25) is 0 Å². The Kier molecular flexibility index (Phi) is 9.41. The molecule has 0 saturated heterocycles. The topological polar surface area (TPSA) is 47.9 Å². The van der Waals surface area contributed by atoms with Crippen LogP contribution in [0.1, 0.15) is 77.0 Å². The Morgan fingerprint density at radius 3 is 1.95 bits per heavy atom. The zero-order chi connectivity index (χ0) is 15.5. The molecule has 0 amide bonds. The number of hydrogen-bond donors (Lipinski definition) is 1. The number of unbranched alkanes of at least 4 members (excludes halogenated alkanes) is 1. The first kappa shape index (κ1) is 18.2. The van der Waals surface area contributed by atoms with Gasteiger partial charge < -0.3 is 19.3 Å². The number of rotatable bonds is 11. The SMILES string of the molecule is OC(CCOC1CCCCC1)OCCCCOC1CCCC1. The van der Waals surface area contributed by atoms with E-state index in [1.165, 1.54) is 57.8 Å². The van der Waals surface area contributed by atoms with Gasteiger partial charge in [-0.05, 0) is 38.5 Å². The van der Waals surface area contributed by atoms with E-state index in [0.29, 0.717) is 31.8 Å². The van der Waals surface area contributed by atoms with Gasteiger partial charge in [0.25, 0.3) is 0 Å². The highest BCUT2D eigenvalue weighted by Gasteiger charge is 2.15. The molecular weight excluding hydrogens is 280 g/mol. The van der Waals surface area contributed by atoms with Crippen molar-refractivity contribution < 1.29 is 19.3 Å². The molecule has 2 rings (SSSR count). The zero-order valence-electron chi connectivity index (χ0n) is 14.0. The van der Waals surface area contributed by atoms with Crippen molar-refractivity contribution >= 4 is 0 Å². The molecule has 4 heteroatoms. The van der Waals surface area contributed by atoms with E-state index >= 15 is 0 Å². The molecule has 1 N–H and O–H groups in total. The molecule has 2 aliphatic carbocycles. The fraction of sp³-hybridized carbons (Fsp3) is 1.00. The molecule has 0 heterocycles. The minimum Gasteiger partial charge on any atom is -0.378 e. The van der Waals surface area contributed by atoms with Crippen molar-refractivity contribution in [3.8, 4) is 0 Å². The lowest BCUT2D eigenvalue weighted by atomic mass is 9.98. The molecule has 0 aliphatic heterocycles. The van der Waals surface area contributed by atoms with Gasteiger partial charge in [0.2, 0.25) is 0 Å². The van der Waals surface area contributed by atoms with E-state index in [1.807, 2.05) is 0 Å². The van der Waals surface area contributed by atoms with Gasteiger partial charge in [0, 0.05) is 19.6 Å². The van der Waals surface area contributed by atoms with Crippen LogP contribution in [0.15, 0.2) is 0 Å². The number of hydrogen-bond acceptors (Lipinski definition) is 4. The molecule has 2 aliphatic rings. The van der Waals surface area contributed by atoms with Gasteiger partial charge in [-0.15, -0.1) is 0 Å². The van der Waals surface area contributed by atoms with Crippen molar-refractivity contribution in [1.82, 2.24) is 0 Å². The summed E-state index contributed by atoms with van der Waals surface area (Å²) in [6, 6.07) is 0. The van der Waals surface area contributed by atoms with Gasteiger partial charge >= 0.3 is 0 Å². The van der Waals surface area contributed by atoms with Gasteiger partial charge in [-0.1, -0.05) is 32.1 Å². The van der Waals surface area contributed by atoms with Crippen LogP contribution in [0.4, 0.5) is 0 Å². The second-order valence-corrected chi connectivity index (χ2v) is 6.73. The fourth-order valence-corrected chi connectivity index (χ4v) is 3.38. The molecule has 0 aromatic heterocycles. The Labute approximate surface area is 135 Å². The lowest BCUT2D eigenvalue weighted by molar-refractivity contribution is -0.119. The molecule has 2 saturated carbocycles. The standard InChI is InChI=1S/C18H34O4/c19-18(12-15-21-17-8-2-1-3-9-17)22-14-7-6-13-20-16-10-4-5-11-16/h16-19H,1-15H2. The molecule has 0 bridgehead atoms. The van der Waals surface area contributed by atoms with Crippen molar-refractivity contribution in [2.24, 2.45) is 0 Å². The second kappa shape index (κ2) is 11.4. The highest BCUT2D eigenvalue weighted by Crippen LogP contribution is 2.21. The van der Waals surface area contributed by atoms with E-state index in [9.17, 15) is 5.11 Å². The first-order valence-electron chi connectivity index (χ1n) is 9.37. The lowest BCUT2D eigenvalue weighted by Crippen LogP contribution is -2.21. The van der Waals surface area contributed by atoms with Crippen LogP contribution in [0.3, 0.4) is 0 Å². The first-order valence-corrected chi connectivity index (χ1v) is 9.37. The molecule has 1 atom stereocenters. The largest absolute Gasteiger partial charge is 0.378 e. The summed E-state index contributed by atoms with van der Waals surface area (Å²) < 4.78 is 17.0. The fourth-order valence-electron chi connectivity index (χ4n) is 3.38. The molecule has 1 unspecified atom stereocenters.